The van der Waals surface area contributed by atoms with Crippen LogP contribution in [-0.2, 0) is 9.59 Å². The van der Waals surface area contributed by atoms with Crippen molar-refractivity contribution in [3.63, 3.8) is 0 Å². The van der Waals surface area contributed by atoms with Crippen LogP contribution in [-0.4, -0.2) is 78.0 Å². The lowest BCUT2D eigenvalue weighted by Crippen LogP contribution is -2.38. The van der Waals surface area contributed by atoms with E-state index in [2.05, 4.69) is 23.7 Å². The summed E-state index contributed by atoms with van der Waals surface area (Å²) in [6, 6.07) is 9.93. The van der Waals surface area contributed by atoms with Gasteiger partial charge >= 0.3 is 0 Å². The van der Waals surface area contributed by atoms with E-state index in [-0.39, 0.29) is 11.3 Å². The van der Waals surface area contributed by atoms with Crippen LogP contribution in [0, 0.1) is 0 Å². The Morgan fingerprint density at radius 2 is 2.00 bits per heavy atom. The van der Waals surface area contributed by atoms with Crippen molar-refractivity contribution in [1.82, 2.24) is 14.8 Å². The molecule has 0 saturated carbocycles. The molecule has 2 aliphatic rings. The van der Waals surface area contributed by atoms with Crippen molar-refractivity contribution in [3.05, 3.63) is 59.4 Å². The largest absolute Gasteiger partial charge is 0.507 e. The first kappa shape index (κ1) is 22.8. The van der Waals surface area contributed by atoms with Crippen LogP contribution in [0.1, 0.15) is 31.1 Å². The number of hydrogen-bond acceptors (Lipinski definition) is 7. The molecule has 2 aromatic rings. The van der Waals surface area contributed by atoms with Gasteiger partial charge < -0.3 is 24.5 Å². The predicted molar refractivity (Wildman–Crippen MR) is 126 cm³/mol. The normalized spacial score (nSPS) is 19.7. The predicted octanol–water partition coefficient (Wildman–Crippen LogP) is 2.67. The second kappa shape index (κ2) is 9.62. The average Bonchev–Trinajstić information content (AvgIpc) is 3.10. The number of anilines is 1. The number of ether oxygens (including phenoxy) is 1. The fourth-order valence-electron chi connectivity index (χ4n) is 4.40. The summed E-state index contributed by atoms with van der Waals surface area (Å²) in [5.41, 5.74) is 1.91. The Morgan fingerprint density at radius 1 is 1.21 bits per heavy atom. The smallest absolute Gasteiger partial charge is 0.295 e. The number of carbonyl (C=O) groups is 2. The fraction of sp³-hybridized carbons (Fsp3) is 0.400. The van der Waals surface area contributed by atoms with Crippen LogP contribution in [0.25, 0.3) is 5.76 Å². The van der Waals surface area contributed by atoms with Crippen LogP contribution in [0.2, 0.25) is 0 Å². The second-order valence-corrected chi connectivity index (χ2v) is 8.23. The van der Waals surface area contributed by atoms with Crippen molar-refractivity contribution >= 4 is 23.1 Å². The molecule has 0 bridgehead atoms. The number of Topliss-reactive ketones (excluding diaryl/α,β-unsaturated/α-hetero) is 1. The Labute approximate surface area is 194 Å². The molecule has 1 saturated heterocycles. The topological polar surface area (TPSA) is 86.2 Å². The number of pyridine rings is 1. The third-order valence-electron chi connectivity index (χ3n) is 6.39. The number of aromatic nitrogens is 1. The van der Waals surface area contributed by atoms with Gasteiger partial charge in [0, 0.05) is 31.9 Å². The lowest BCUT2D eigenvalue weighted by atomic mass is 9.97. The lowest BCUT2D eigenvalue weighted by Gasteiger charge is -2.28. The van der Waals surface area contributed by atoms with E-state index in [0.29, 0.717) is 31.0 Å². The van der Waals surface area contributed by atoms with E-state index in [9.17, 15) is 14.7 Å². The molecular formula is C25H30N4O4. The molecule has 1 aromatic carbocycles. The van der Waals surface area contributed by atoms with Gasteiger partial charge in [-0.1, -0.05) is 19.9 Å². The van der Waals surface area contributed by atoms with Crippen molar-refractivity contribution in [2.75, 3.05) is 51.3 Å². The summed E-state index contributed by atoms with van der Waals surface area (Å²) in [6.45, 7) is 8.12. The van der Waals surface area contributed by atoms with Gasteiger partial charge in [0.05, 0.1) is 23.5 Å². The van der Waals surface area contributed by atoms with Crippen LogP contribution in [0.5, 0.6) is 5.75 Å². The van der Waals surface area contributed by atoms with E-state index in [1.807, 2.05) is 18.0 Å². The van der Waals surface area contributed by atoms with Gasteiger partial charge in [-0.25, -0.2) is 0 Å². The SMILES string of the molecule is CCN(CC)CCN1C(=O)C(=O)/C(=C(\O)c2ccc3c(c2)N(C)CCO3)C1c1ccccn1. The number of likely N-dealkylation sites (tertiary alicyclic amines) is 1. The minimum Gasteiger partial charge on any atom is -0.507 e. The fourth-order valence-corrected chi connectivity index (χ4v) is 4.40. The van der Waals surface area contributed by atoms with Gasteiger partial charge in [-0.15, -0.1) is 0 Å². The number of nitrogens with zero attached hydrogens (tertiary/aromatic N) is 4. The zero-order valence-electron chi connectivity index (χ0n) is 19.3. The number of aliphatic hydroxyl groups excluding tert-OH is 1. The minimum absolute atomic E-state index is 0.0672. The van der Waals surface area contributed by atoms with Crippen LogP contribution in [0.4, 0.5) is 5.69 Å². The highest BCUT2D eigenvalue weighted by atomic mass is 16.5. The second-order valence-electron chi connectivity index (χ2n) is 8.23. The summed E-state index contributed by atoms with van der Waals surface area (Å²) in [7, 11) is 1.95. The summed E-state index contributed by atoms with van der Waals surface area (Å²) in [5, 5.41) is 11.3. The summed E-state index contributed by atoms with van der Waals surface area (Å²) < 4.78 is 5.69. The van der Waals surface area contributed by atoms with Crippen LogP contribution >= 0.6 is 0 Å². The molecule has 0 aliphatic carbocycles. The first-order chi connectivity index (χ1) is 16.0. The van der Waals surface area contributed by atoms with E-state index >= 15 is 0 Å². The number of likely N-dealkylation sites (N-methyl/N-ethyl adjacent to an activating group) is 2. The van der Waals surface area contributed by atoms with E-state index in [1.54, 1.807) is 36.5 Å². The molecule has 1 atom stereocenters. The standard InChI is InChI=1S/C25H30N4O4/c1-4-28(5-2)12-13-29-22(18-8-6-7-11-26-18)21(24(31)25(29)32)23(30)17-9-10-20-19(16-17)27(3)14-15-33-20/h6-11,16,22,30H,4-5,12-15H2,1-3H3/b23-21-. The van der Waals surface area contributed by atoms with Crippen molar-refractivity contribution in [1.29, 1.82) is 0 Å². The van der Waals surface area contributed by atoms with Gasteiger partial charge in [-0.3, -0.25) is 14.6 Å². The Bertz CT molecular complexity index is 1070. The average molecular weight is 451 g/mol. The number of aliphatic hydroxyl groups is 1. The Hall–Kier alpha value is -3.39. The zero-order chi connectivity index (χ0) is 23.5. The van der Waals surface area contributed by atoms with E-state index in [1.165, 1.54) is 4.90 Å². The van der Waals surface area contributed by atoms with E-state index in [0.717, 1.165) is 31.1 Å². The quantitative estimate of drug-likeness (QED) is 0.394. The van der Waals surface area contributed by atoms with Gasteiger partial charge in [-0.05, 0) is 43.4 Å². The third-order valence-corrected chi connectivity index (χ3v) is 6.39. The molecule has 2 aliphatic heterocycles. The van der Waals surface area contributed by atoms with Crippen LogP contribution in [0.15, 0.2) is 48.2 Å². The molecule has 8 nitrogen and oxygen atoms in total. The Kier molecular flexibility index (Phi) is 6.65. The van der Waals surface area contributed by atoms with Crippen molar-refractivity contribution in [2.45, 2.75) is 19.9 Å². The monoisotopic (exact) mass is 450 g/mol. The molecule has 4 rings (SSSR count). The molecule has 1 fully saturated rings. The summed E-state index contributed by atoms with van der Waals surface area (Å²) in [4.78, 5) is 36.4. The maximum atomic E-state index is 13.2. The summed E-state index contributed by atoms with van der Waals surface area (Å²) in [6.07, 6.45) is 1.63. The van der Waals surface area contributed by atoms with Crippen LogP contribution < -0.4 is 9.64 Å². The number of carbonyl (C=O) groups excluding carboxylic acids is 2. The maximum Gasteiger partial charge on any atom is 0.295 e. The molecule has 1 aromatic heterocycles. The van der Waals surface area contributed by atoms with Crippen molar-refractivity contribution in [3.8, 4) is 5.75 Å². The van der Waals surface area contributed by atoms with Gasteiger partial charge in [0.2, 0.25) is 0 Å². The van der Waals surface area contributed by atoms with Gasteiger partial charge in [0.15, 0.2) is 0 Å². The molecule has 33 heavy (non-hydrogen) atoms. The molecule has 8 heteroatoms. The molecule has 0 spiro atoms. The number of hydrogen-bond donors (Lipinski definition) is 1. The maximum absolute atomic E-state index is 13.2. The highest BCUT2D eigenvalue weighted by molar-refractivity contribution is 6.46. The third kappa shape index (κ3) is 4.30. The van der Waals surface area contributed by atoms with Gasteiger partial charge in [0.25, 0.3) is 11.7 Å². The molecule has 1 N–H and O–H groups in total. The summed E-state index contributed by atoms with van der Waals surface area (Å²) in [5.74, 6) is -0.778. The first-order valence-electron chi connectivity index (χ1n) is 11.4. The molecule has 3 heterocycles. The minimum atomic E-state index is -0.744. The van der Waals surface area contributed by atoms with Crippen LogP contribution in [0.3, 0.4) is 0 Å². The molecule has 1 unspecified atom stereocenters. The molecule has 1 amide bonds. The van der Waals surface area contributed by atoms with Gasteiger partial charge in [-0.2, -0.15) is 0 Å². The number of amides is 1. The van der Waals surface area contributed by atoms with Gasteiger partial charge in [0.1, 0.15) is 24.2 Å². The highest BCUT2D eigenvalue weighted by Crippen LogP contribution is 2.40. The zero-order valence-corrected chi connectivity index (χ0v) is 19.3. The molecular weight excluding hydrogens is 420 g/mol. The number of ketones is 1. The Morgan fingerprint density at radius 3 is 2.70 bits per heavy atom. The number of fused-ring (bicyclic) bond motifs is 1. The van der Waals surface area contributed by atoms with E-state index in [4.69, 9.17) is 4.74 Å². The van der Waals surface area contributed by atoms with E-state index < -0.39 is 17.7 Å². The number of rotatable bonds is 7. The highest BCUT2D eigenvalue weighted by Gasteiger charge is 2.46. The lowest BCUT2D eigenvalue weighted by molar-refractivity contribution is -0.140. The first-order valence-corrected chi connectivity index (χ1v) is 11.4. The number of benzene rings is 1. The molecule has 174 valence electrons. The Balaban J connectivity index is 1.78. The van der Waals surface area contributed by atoms with Crippen molar-refractivity contribution < 1.29 is 19.4 Å². The summed E-state index contributed by atoms with van der Waals surface area (Å²) >= 11 is 0. The molecule has 0 radical (unpaired) electrons. The van der Waals surface area contributed by atoms with Crippen molar-refractivity contribution in [2.24, 2.45) is 0 Å².